The first-order chi connectivity index (χ1) is 7.67. The Morgan fingerprint density at radius 3 is 2.75 bits per heavy atom. The zero-order valence-corrected chi connectivity index (χ0v) is 10.1. The molecular formula is C14H20FN. The van der Waals surface area contributed by atoms with E-state index in [-0.39, 0.29) is 11.9 Å². The van der Waals surface area contributed by atoms with Gasteiger partial charge in [0.2, 0.25) is 0 Å². The van der Waals surface area contributed by atoms with E-state index in [0.717, 1.165) is 30.4 Å². The molecule has 0 amide bonds. The normalized spacial score (nSPS) is 12.4. The summed E-state index contributed by atoms with van der Waals surface area (Å²) in [5, 5.41) is 3.23. The number of allylic oxidation sites excluding steroid dienone is 1. The van der Waals surface area contributed by atoms with Gasteiger partial charge in [0.25, 0.3) is 0 Å². The number of aryl methyl sites for hydroxylation is 1. The summed E-state index contributed by atoms with van der Waals surface area (Å²) in [6.07, 6.45) is 5.01. The van der Waals surface area contributed by atoms with Crippen LogP contribution in [0.4, 0.5) is 4.39 Å². The molecule has 1 rings (SSSR count). The van der Waals surface area contributed by atoms with Gasteiger partial charge in [0.05, 0.1) is 0 Å². The van der Waals surface area contributed by atoms with E-state index >= 15 is 0 Å². The molecule has 1 unspecified atom stereocenters. The van der Waals surface area contributed by atoms with Crippen molar-refractivity contribution >= 4 is 0 Å². The molecule has 16 heavy (non-hydrogen) atoms. The lowest BCUT2D eigenvalue weighted by Gasteiger charge is -2.17. The molecule has 0 aliphatic carbocycles. The van der Waals surface area contributed by atoms with Gasteiger partial charge in [-0.1, -0.05) is 12.1 Å². The Hall–Kier alpha value is -1.15. The topological polar surface area (TPSA) is 12.0 Å². The van der Waals surface area contributed by atoms with Crippen LogP contribution >= 0.6 is 0 Å². The number of hydrogen-bond acceptors (Lipinski definition) is 1. The fourth-order valence-electron chi connectivity index (χ4n) is 1.91. The van der Waals surface area contributed by atoms with E-state index in [1.807, 2.05) is 26.1 Å². The van der Waals surface area contributed by atoms with Crippen molar-refractivity contribution < 1.29 is 4.39 Å². The van der Waals surface area contributed by atoms with E-state index < -0.39 is 0 Å². The average Bonchev–Trinajstić information content (AvgIpc) is 2.23. The van der Waals surface area contributed by atoms with Crippen LogP contribution in [0.25, 0.3) is 0 Å². The number of unbranched alkanes of at least 4 members (excludes halogenated alkanes) is 1. The minimum atomic E-state index is -0.154. The highest BCUT2D eigenvalue weighted by Crippen LogP contribution is 2.21. The summed E-state index contributed by atoms with van der Waals surface area (Å²) >= 11 is 0. The SMILES string of the molecule is C=CCCCC(NC)c1cc(C)cc(F)c1. The Balaban J connectivity index is 2.73. The van der Waals surface area contributed by atoms with Gasteiger partial charge in [-0.3, -0.25) is 0 Å². The second-order valence-electron chi connectivity index (χ2n) is 4.12. The molecule has 0 fully saturated rings. The summed E-state index contributed by atoms with van der Waals surface area (Å²) in [5.74, 6) is -0.154. The summed E-state index contributed by atoms with van der Waals surface area (Å²) in [4.78, 5) is 0. The summed E-state index contributed by atoms with van der Waals surface area (Å²) in [6.45, 7) is 5.62. The Bertz CT molecular complexity index is 326. The highest BCUT2D eigenvalue weighted by molar-refractivity contribution is 5.26. The number of halogens is 1. The summed E-state index contributed by atoms with van der Waals surface area (Å²) in [6, 6.07) is 5.44. The van der Waals surface area contributed by atoms with E-state index in [9.17, 15) is 4.39 Å². The number of nitrogens with one attached hydrogen (secondary N) is 1. The third-order valence-corrected chi connectivity index (χ3v) is 2.72. The summed E-state index contributed by atoms with van der Waals surface area (Å²) in [7, 11) is 1.92. The molecule has 0 saturated heterocycles. The van der Waals surface area contributed by atoms with Crippen LogP contribution in [0.2, 0.25) is 0 Å². The van der Waals surface area contributed by atoms with Gasteiger partial charge >= 0.3 is 0 Å². The van der Waals surface area contributed by atoms with Crippen molar-refractivity contribution in [2.45, 2.75) is 32.2 Å². The molecular weight excluding hydrogens is 201 g/mol. The van der Waals surface area contributed by atoms with E-state index in [4.69, 9.17) is 0 Å². The van der Waals surface area contributed by atoms with E-state index in [1.165, 1.54) is 0 Å². The molecule has 1 N–H and O–H groups in total. The van der Waals surface area contributed by atoms with Gasteiger partial charge in [0.15, 0.2) is 0 Å². The van der Waals surface area contributed by atoms with Crippen molar-refractivity contribution in [1.29, 1.82) is 0 Å². The van der Waals surface area contributed by atoms with Crippen LogP contribution in [0.1, 0.15) is 36.4 Å². The number of hydrogen-bond donors (Lipinski definition) is 1. The Labute approximate surface area is 97.4 Å². The maximum absolute atomic E-state index is 13.3. The van der Waals surface area contributed by atoms with E-state index in [2.05, 4.69) is 11.9 Å². The minimum absolute atomic E-state index is 0.154. The third-order valence-electron chi connectivity index (χ3n) is 2.72. The van der Waals surface area contributed by atoms with Crippen LogP contribution < -0.4 is 5.32 Å². The van der Waals surface area contributed by atoms with Crippen LogP contribution in [0.5, 0.6) is 0 Å². The molecule has 0 aromatic heterocycles. The van der Waals surface area contributed by atoms with Gasteiger partial charge < -0.3 is 5.32 Å². The zero-order valence-electron chi connectivity index (χ0n) is 10.1. The summed E-state index contributed by atoms with van der Waals surface area (Å²) in [5.41, 5.74) is 2.00. The van der Waals surface area contributed by atoms with Gasteiger partial charge in [0, 0.05) is 6.04 Å². The predicted molar refractivity (Wildman–Crippen MR) is 67.0 cm³/mol. The molecule has 2 heteroatoms. The standard InChI is InChI=1S/C14H20FN/c1-4-5-6-7-14(16-3)12-8-11(2)9-13(15)10-12/h4,8-10,14,16H,1,5-7H2,2-3H3. The Kier molecular flexibility index (Phi) is 5.20. The molecule has 0 aliphatic heterocycles. The summed E-state index contributed by atoms with van der Waals surface area (Å²) < 4.78 is 13.3. The molecule has 0 heterocycles. The van der Waals surface area contributed by atoms with Gasteiger partial charge in [0.1, 0.15) is 5.82 Å². The van der Waals surface area contributed by atoms with Gasteiger partial charge in [-0.25, -0.2) is 4.39 Å². The highest BCUT2D eigenvalue weighted by Gasteiger charge is 2.09. The monoisotopic (exact) mass is 221 g/mol. The predicted octanol–water partition coefficient (Wildman–Crippen LogP) is 3.75. The quantitative estimate of drug-likeness (QED) is 0.570. The lowest BCUT2D eigenvalue weighted by molar-refractivity contribution is 0.524. The van der Waals surface area contributed by atoms with Crippen molar-refractivity contribution in [3.63, 3.8) is 0 Å². The third kappa shape index (κ3) is 3.78. The van der Waals surface area contributed by atoms with Crippen LogP contribution in [-0.2, 0) is 0 Å². The Morgan fingerprint density at radius 2 is 2.19 bits per heavy atom. The highest BCUT2D eigenvalue weighted by atomic mass is 19.1. The first-order valence-corrected chi connectivity index (χ1v) is 5.72. The van der Waals surface area contributed by atoms with Gasteiger partial charge in [-0.05, 0) is 56.5 Å². The fourth-order valence-corrected chi connectivity index (χ4v) is 1.91. The zero-order chi connectivity index (χ0) is 12.0. The van der Waals surface area contributed by atoms with Crippen LogP contribution in [0.15, 0.2) is 30.9 Å². The number of benzene rings is 1. The first-order valence-electron chi connectivity index (χ1n) is 5.72. The number of rotatable bonds is 6. The molecule has 1 aromatic rings. The molecule has 1 aromatic carbocycles. The second kappa shape index (κ2) is 6.44. The van der Waals surface area contributed by atoms with Crippen molar-refractivity contribution in [3.8, 4) is 0 Å². The first kappa shape index (κ1) is 12.9. The van der Waals surface area contributed by atoms with Gasteiger partial charge in [-0.2, -0.15) is 0 Å². The van der Waals surface area contributed by atoms with Crippen LogP contribution in [-0.4, -0.2) is 7.05 Å². The van der Waals surface area contributed by atoms with E-state index in [1.54, 1.807) is 12.1 Å². The van der Waals surface area contributed by atoms with Crippen molar-refractivity contribution in [2.75, 3.05) is 7.05 Å². The van der Waals surface area contributed by atoms with E-state index in [0.29, 0.717) is 0 Å². The lowest BCUT2D eigenvalue weighted by Crippen LogP contribution is -2.16. The average molecular weight is 221 g/mol. The van der Waals surface area contributed by atoms with Crippen molar-refractivity contribution in [3.05, 3.63) is 47.8 Å². The van der Waals surface area contributed by atoms with Crippen molar-refractivity contribution in [2.24, 2.45) is 0 Å². The molecule has 0 bridgehead atoms. The smallest absolute Gasteiger partial charge is 0.123 e. The Morgan fingerprint density at radius 1 is 1.44 bits per heavy atom. The largest absolute Gasteiger partial charge is 0.313 e. The molecule has 0 aliphatic rings. The van der Waals surface area contributed by atoms with Crippen LogP contribution in [0, 0.1) is 12.7 Å². The molecule has 1 atom stereocenters. The van der Waals surface area contributed by atoms with Crippen LogP contribution in [0.3, 0.4) is 0 Å². The molecule has 0 radical (unpaired) electrons. The second-order valence-corrected chi connectivity index (χ2v) is 4.12. The fraction of sp³-hybridized carbons (Fsp3) is 0.429. The molecule has 0 saturated carbocycles. The molecule has 88 valence electrons. The molecule has 1 nitrogen and oxygen atoms in total. The lowest BCUT2D eigenvalue weighted by atomic mass is 9.99. The minimum Gasteiger partial charge on any atom is -0.313 e. The maximum Gasteiger partial charge on any atom is 0.123 e. The van der Waals surface area contributed by atoms with Crippen molar-refractivity contribution in [1.82, 2.24) is 5.32 Å². The van der Waals surface area contributed by atoms with Gasteiger partial charge in [-0.15, -0.1) is 6.58 Å². The molecule has 0 spiro atoms. The maximum atomic E-state index is 13.3.